The van der Waals surface area contributed by atoms with Gasteiger partial charge in [0.1, 0.15) is 0 Å². The number of non-ortho nitro benzene ring substituents is 1. The van der Waals surface area contributed by atoms with E-state index in [2.05, 4.69) is 21.2 Å². The van der Waals surface area contributed by atoms with Crippen LogP contribution >= 0.6 is 15.9 Å². The van der Waals surface area contributed by atoms with Crippen LogP contribution in [0.1, 0.15) is 28.8 Å². The molecule has 6 heteroatoms. The Balaban J connectivity index is 2.70. The van der Waals surface area contributed by atoms with Crippen molar-refractivity contribution in [1.29, 1.82) is 0 Å². The number of nitro groups is 1. The molecule has 1 aromatic carbocycles. The van der Waals surface area contributed by atoms with Crippen molar-refractivity contribution in [1.82, 2.24) is 5.32 Å². The second-order valence-electron chi connectivity index (χ2n) is 3.97. The number of rotatable bonds is 6. The average Bonchev–Trinajstić information content (AvgIpc) is 2.33. The molecule has 5 nitrogen and oxygen atoms in total. The largest absolute Gasteiger partial charge is 0.352 e. The van der Waals surface area contributed by atoms with Gasteiger partial charge < -0.3 is 5.32 Å². The number of hydrogen-bond donors (Lipinski definition) is 1. The summed E-state index contributed by atoms with van der Waals surface area (Å²) in [6.07, 6.45) is 1.86. The van der Waals surface area contributed by atoms with Crippen molar-refractivity contribution in [3.05, 3.63) is 39.4 Å². The van der Waals surface area contributed by atoms with Crippen LogP contribution in [0.25, 0.3) is 0 Å². The molecular weight excluding hydrogens is 300 g/mol. The van der Waals surface area contributed by atoms with Gasteiger partial charge in [-0.3, -0.25) is 14.9 Å². The summed E-state index contributed by atoms with van der Waals surface area (Å²) < 4.78 is 0. The zero-order valence-corrected chi connectivity index (χ0v) is 11.7. The van der Waals surface area contributed by atoms with Crippen LogP contribution in [-0.4, -0.2) is 22.7 Å². The van der Waals surface area contributed by atoms with Crippen LogP contribution < -0.4 is 5.32 Å². The average molecular weight is 315 g/mol. The summed E-state index contributed by atoms with van der Waals surface area (Å²) in [7, 11) is 0. The van der Waals surface area contributed by atoms with E-state index in [1.54, 1.807) is 13.0 Å². The monoisotopic (exact) mass is 314 g/mol. The molecule has 18 heavy (non-hydrogen) atoms. The summed E-state index contributed by atoms with van der Waals surface area (Å²) in [4.78, 5) is 22.0. The maximum absolute atomic E-state index is 11.8. The molecule has 0 heterocycles. The summed E-state index contributed by atoms with van der Waals surface area (Å²) >= 11 is 3.31. The predicted molar refractivity (Wildman–Crippen MR) is 73.2 cm³/mol. The van der Waals surface area contributed by atoms with Gasteiger partial charge in [0.25, 0.3) is 11.6 Å². The van der Waals surface area contributed by atoms with Gasteiger partial charge in [-0.1, -0.05) is 15.9 Å². The highest BCUT2D eigenvalue weighted by molar-refractivity contribution is 9.09. The van der Waals surface area contributed by atoms with Gasteiger partial charge in [-0.15, -0.1) is 0 Å². The van der Waals surface area contributed by atoms with Gasteiger partial charge >= 0.3 is 0 Å². The normalized spacial score (nSPS) is 10.1. The molecule has 1 aromatic rings. The Morgan fingerprint density at radius 3 is 2.72 bits per heavy atom. The summed E-state index contributed by atoms with van der Waals surface area (Å²) in [5.74, 6) is -0.267. The number of carbonyl (C=O) groups excluding carboxylic acids is 1. The fourth-order valence-corrected chi connectivity index (χ4v) is 1.92. The number of unbranched alkanes of at least 4 members (excludes halogenated alkanes) is 1. The van der Waals surface area contributed by atoms with Crippen molar-refractivity contribution in [3.8, 4) is 0 Å². The van der Waals surface area contributed by atoms with Gasteiger partial charge in [0.15, 0.2) is 0 Å². The second-order valence-corrected chi connectivity index (χ2v) is 4.76. The van der Waals surface area contributed by atoms with Crippen LogP contribution in [0, 0.1) is 17.0 Å². The van der Waals surface area contributed by atoms with Gasteiger partial charge in [-0.25, -0.2) is 0 Å². The third-order valence-electron chi connectivity index (χ3n) is 2.38. The summed E-state index contributed by atoms with van der Waals surface area (Å²) in [6.45, 7) is 2.31. The van der Waals surface area contributed by atoms with Crippen molar-refractivity contribution in [2.24, 2.45) is 0 Å². The Morgan fingerprint density at radius 1 is 1.39 bits per heavy atom. The van der Waals surface area contributed by atoms with E-state index in [-0.39, 0.29) is 11.6 Å². The van der Waals surface area contributed by atoms with E-state index in [0.29, 0.717) is 17.7 Å². The minimum Gasteiger partial charge on any atom is -0.352 e. The number of benzene rings is 1. The number of alkyl halides is 1. The van der Waals surface area contributed by atoms with Crippen molar-refractivity contribution in [3.63, 3.8) is 0 Å². The number of nitro benzene ring substituents is 1. The van der Waals surface area contributed by atoms with E-state index in [9.17, 15) is 14.9 Å². The van der Waals surface area contributed by atoms with Crippen LogP contribution in [0.2, 0.25) is 0 Å². The number of nitrogens with one attached hydrogen (secondary N) is 1. The van der Waals surface area contributed by atoms with Crippen molar-refractivity contribution in [2.45, 2.75) is 19.8 Å². The van der Waals surface area contributed by atoms with Crippen molar-refractivity contribution >= 4 is 27.5 Å². The summed E-state index contributed by atoms with van der Waals surface area (Å²) in [5, 5.41) is 14.3. The quantitative estimate of drug-likeness (QED) is 0.380. The lowest BCUT2D eigenvalue weighted by atomic mass is 10.1. The van der Waals surface area contributed by atoms with Crippen LogP contribution in [0.15, 0.2) is 18.2 Å². The van der Waals surface area contributed by atoms with E-state index in [0.717, 1.165) is 18.2 Å². The van der Waals surface area contributed by atoms with Gasteiger partial charge in [0.2, 0.25) is 0 Å². The maximum atomic E-state index is 11.8. The molecule has 0 unspecified atom stereocenters. The molecule has 0 atom stereocenters. The molecule has 0 fully saturated rings. The number of amides is 1. The highest BCUT2D eigenvalue weighted by atomic mass is 79.9. The minimum atomic E-state index is -0.491. The topological polar surface area (TPSA) is 72.2 Å². The Bertz CT molecular complexity index is 449. The Morgan fingerprint density at radius 2 is 2.11 bits per heavy atom. The third-order valence-corrected chi connectivity index (χ3v) is 2.94. The van der Waals surface area contributed by atoms with Gasteiger partial charge in [-0.2, -0.15) is 0 Å². The number of nitrogens with zero attached hydrogens (tertiary/aromatic N) is 1. The predicted octanol–water partition coefficient (Wildman–Crippen LogP) is 2.81. The lowest BCUT2D eigenvalue weighted by Crippen LogP contribution is -2.24. The summed E-state index contributed by atoms with van der Waals surface area (Å²) in [6, 6.07) is 4.39. The van der Waals surface area contributed by atoms with E-state index < -0.39 is 4.92 Å². The van der Waals surface area contributed by atoms with E-state index in [4.69, 9.17) is 0 Å². The standard InChI is InChI=1S/C12H15BrN2O3/c1-9-6-10(8-11(7-9)15(17)18)12(16)14-5-3-2-4-13/h6-8H,2-5H2,1H3,(H,14,16). The Hall–Kier alpha value is -1.43. The maximum Gasteiger partial charge on any atom is 0.270 e. The van der Waals surface area contributed by atoms with Gasteiger partial charge in [0.05, 0.1) is 4.92 Å². The molecule has 1 rings (SSSR count). The molecule has 0 saturated heterocycles. The first kappa shape index (κ1) is 14.6. The molecule has 1 amide bonds. The van der Waals surface area contributed by atoms with Crippen LogP contribution in [0.5, 0.6) is 0 Å². The van der Waals surface area contributed by atoms with Crippen LogP contribution in [-0.2, 0) is 0 Å². The molecule has 0 aliphatic heterocycles. The van der Waals surface area contributed by atoms with E-state index in [1.807, 2.05) is 0 Å². The molecule has 0 aromatic heterocycles. The summed E-state index contributed by atoms with van der Waals surface area (Å²) in [5.41, 5.74) is 0.982. The first-order chi connectivity index (χ1) is 8.54. The molecule has 98 valence electrons. The molecular formula is C12H15BrN2O3. The first-order valence-corrected chi connectivity index (χ1v) is 6.77. The number of hydrogen-bond acceptors (Lipinski definition) is 3. The van der Waals surface area contributed by atoms with Crippen LogP contribution in [0.3, 0.4) is 0 Å². The van der Waals surface area contributed by atoms with E-state index >= 15 is 0 Å². The highest BCUT2D eigenvalue weighted by Crippen LogP contribution is 2.16. The molecule has 1 N–H and O–H groups in total. The van der Waals surface area contributed by atoms with Gasteiger partial charge in [0, 0.05) is 29.6 Å². The SMILES string of the molecule is Cc1cc(C(=O)NCCCCBr)cc([N+](=O)[O-])c1. The zero-order valence-electron chi connectivity index (χ0n) is 10.1. The lowest BCUT2D eigenvalue weighted by Gasteiger charge is -2.05. The minimum absolute atomic E-state index is 0.0550. The number of carbonyl (C=O) groups is 1. The molecule has 0 spiro atoms. The van der Waals surface area contributed by atoms with Crippen molar-refractivity contribution < 1.29 is 9.72 Å². The second kappa shape index (κ2) is 7.10. The molecule has 0 aliphatic rings. The van der Waals surface area contributed by atoms with Crippen LogP contribution in [0.4, 0.5) is 5.69 Å². The molecule has 0 bridgehead atoms. The number of halogens is 1. The molecule has 0 aliphatic carbocycles. The lowest BCUT2D eigenvalue weighted by molar-refractivity contribution is -0.384. The first-order valence-electron chi connectivity index (χ1n) is 5.65. The highest BCUT2D eigenvalue weighted by Gasteiger charge is 2.12. The molecule has 0 saturated carbocycles. The van der Waals surface area contributed by atoms with Gasteiger partial charge in [-0.05, 0) is 31.4 Å². The third kappa shape index (κ3) is 4.44. The number of aryl methyl sites for hydroxylation is 1. The zero-order chi connectivity index (χ0) is 13.5. The fraction of sp³-hybridized carbons (Fsp3) is 0.417. The Kier molecular flexibility index (Phi) is 5.77. The smallest absolute Gasteiger partial charge is 0.270 e. The van der Waals surface area contributed by atoms with Crippen molar-refractivity contribution in [2.75, 3.05) is 11.9 Å². The molecule has 0 radical (unpaired) electrons. The van der Waals surface area contributed by atoms with E-state index in [1.165, 1.54) is 12.1 Å². The fourth-order valence-electron chi connectivity index (χ4n) is 1.52. The Labute approximate surface area is 114 Å².